The molecule has 152 valence electrons. The molecule has 6 nitrogen and oxygen atoms in total. The van der Waals surface area contributed by atoms with Crippen LogP contribution in [0.25, 0.3) is 0 Å². The fraction of sp³-hybridized carbons (Fsp3) is 0. The Morgan fingerprint density at radius 3 is 1.59 bits per heavy atom. The highest BCUT2D eigenvalue weighted by molar-refractivity contribution is 9.10. The van der Waals surface area contributed by atoms with Crippen LogP contribution in [0.4, 0.5) is 11.4 Å². The molecule has 0 saturated heterocycles. The number of hydrogen-bond donors (Lipinski definition) is 2. The Morgan fingerprint density at radius 2 is 1.07 bits per heavy atom. The van der Waals surface area contributed by atoms with Crippen molar-refractivity contribution in [1.82, 2.24) is 0 Å². The molecule has 0 aliphatic heterocycles. The molecule has 0 saturated carbocycles. The molecule has 0 atom stereocenters. The first-order valence-corrected chi connectivity index (χ1v) is 12.4. The van der Waals surface area contributed by atoms with Gasteiger partial charge in [0.05, 0.1) is 25.5 Å². The van der Waals surface area contributed by atoms with Crippen LogP contribution in [0, 0.1) is 0 Å². The van der Waals surface area contributed by atoms with Gasteiger partial charge in [-0.2, -0.15) is 0 Å². The molecule has 0 amide bonds. The summed E-state index contributed by atoms with van der Waals surface area (Å²) in [6.45, 7) is 0. The molecule has 0 radical (unpaired) electrons. The Balaban J connectivity index is 1.78. The molecule has 0 aliphatic carbocycles. The molecule has 3 aromatic carbocycles. The van der Waals surface area contributed by atoms with Crippen LogP contribution in [-0.2, 0) is 20.0 Å². The summed E-state index contributed by atoms with van der Waals surface area (Å²) in [4.78, 5) is 0.0360. The van der Waals surface area contributed by atoms with Crippen molar-refractivity contribution in [3.63, 3.8) is 0 Å². The van der Waals surface area contributed by atoms with Crippen molar-refractivity contribution in [3.05, 3.63) is 81.2 Å². The Hall–Kier alpha value is -1.78. The van der Waals surface area contributed by atoms with Gasteiger partial charge in [0.25, 0.3) is 20.0 Å². The third-order valence-electron chi connectivity index (χ3n) is 3.71. The van der Waals surface area contributed by atoms with Crippen molar-refractivity contribution in [1.29, 1.82) is 0 Å². The number of hydrogen-bond acceptors (Lipinski definition) is 4. The first-order chi connectivity index (χ1) is 13.6. The molecule has 0 bridgehead atoms. The third kappa shape index (κ3) is 5.43. The second kappa shape index (κ2) is 8.53. The lowest BCUT2D eigenvalue weighted by molar-refractivity contribution is 0.600. The summed E-state index contributed by atoms with van der Waals surface area (Å²) in [5.74, 6) is 0. The van der Waals surface area contributed by atoms with Crippen LogP contribution < -0.4 is 9.44 Å². The van der Waals surface area contributed by atoms with Gasteiger partial charge in [0.15, 0.2) is 0 Å². The van der Waals surface area contributed by atoms with E-state index in [1.54, 1.807) is 12.1 Å². The Morgan fingerprint density at radius 1 is 0.621 bits per heavy atom. The zero-order valence-electron chi connectivity index (χ0n) is 14.4. The van der Waals surface area contributed by atoms with Gasteiger partial charge >= 0.3 is 0 Å². The molecule has 3 rings (SSSR count). The average molecular weight is 536 g/mol. The highest BCUT2D eigenvalue weighted by Gasteiger charge is 2.17. The van der Waals surface area contributed by atoms with E-state index in [0.717, 1.165) is 4.47 Å². The summed E-state index contributed by atoms with van der Waals surface area (Å²) >= 11 is 15.0. The van der Waals surface area contributed by atoms with Crippen molar-refractivity contribution >= 4 is 70.6 Å². The molecule has 0 heterocycles. The van der Waals surface area contributed by atoms with Crippen LogP contribution in [0.1, 0.15) is 0 Å². The molecule has 3 aromatic rings. The number of anilines is 2. The fourth-order valence-electron chi connectivity index (χ4n) is 2.30. The molecule has 0 spiro atoms. The average Bonchev–Trinajstić information content (AvgIpc) is 2.65. The summed E-state index contributed by atoms with van der Waals surface area (Å²) in [7, 11) is -7.69. The predicted octanol–water partition coefficient (Wildman–Crippen LogP) is 5.36. The Kier molecular flexibility index (Phi) is 6.45. The lowest BCUT2D eigenvalue weighted by Crippen LogP contribution is -2.14. The summed E-state index contributed by atoms with van der Waals surface area (Å²) < 4.78 is 55.4. The molecule has 0 fully saturated rings. The van der Waals surface area contributed by atoms with Gasteiger partial charge in [-0.3, -0.25) is 9.44 Å². The van der Waals surface area contributed by atoms with Crippen LogP contribution in [0.2, 0.25) is 10.0 Å². The molecule has 0 unspecified atom stereocenters. The maximum absolute atomic E-state index is 12.5. The van der Waals surface area contributed by atoms with Gasteiger partial charge in [0, 0.05) is 10.2 Å². The summed E-state index contributed by atoms with van der Waals surface area (Å²) in [6.07, 6.45) is 0. The number of halogens is 3. The Labute approximate surface area is 187 Å². The normalized spacial score (nSPS) is 11.8. The number of sulfonamides is 2. The maximum Gasteiger partial charge on any atom is 0.261 e. The van der Waals surface area contributed by atoms with Crippen molar-refractivity contribution < 1.29 is 16.8 Å². The van der Waals surface area contributed by atoms with Gasteiger partial charge in [-0.15, -0.1) is 0 Å². The predicted molar refractivity (Wildman–Crippen MR) is 119 cm³/mol. The zero-order valence-corrected chi connectivity index (χ0v) is 19.2. The first-order valence-electron chi connectivity index (χ1n) is 7.93. The van der Waals surface area contributed by atoms with E-state index in [1.165, 1.54) is 54.6 Å². The molecule has 11 heteroatoms. The van der Waals surface area contributed by atoms with Crippen LogP contribution >= 0.6 is 39.1 Å². The van der Waals surface area contributed by atoms with E-state index in [9.17, 15) is 16.8 Å². The number of nitrogens with one attached hydrogen (secondary N) is 2. The SMILES string of the molecule is O=S(=O)(Nc1ccc(S(=O)(=O)Nc2ccc(Cl)c(Cl)c2)cc1)c1ccc(Br)cc1. The number of rotatable bonds is 6. The van der Waals surface area contributed by atoms with Crippen LogP contribution in [-0.4, -0.2) is 16.8 Å². The molecule has 0 aromatic heterocycles. The lowest BCUT2D eigenvalue weighted by atomic mass is 10.3. The van der Waals surface area contributed by atoms with E-state index < -0.39 is 20.0 Å². The maximum atomic E-state index is 12.5. The van der Waals surface area contributed by atoms with Gasteiger partial charge < -0.3 is 0 Å². The van der Waals surface area contributed by atoms with E-state index in [-0.39, 0.29) is 26.2 Å². The van der Waals surface area contributed by atoms with Crippen LogP contribution in [0.5, 0.6) is 0 Å². The van der Waals surface area contributed by atoms with Crippen molar-refractivity contribution in [3.8, 4) is 0 Å². The number of benzene rings is 3. The molecule has 29 heavy (non-hydrogen) atoms. The van der Waals surface area contributed by atoms with E-state index in [2.05, 4.69) is 25.4 Å². The van der Waals surface area contributed by atoms with Crippen LogP contribution in [0.15, 0.2) is 81.0 Å². The van der Waals surface area contributed by atoms with E-state index in [0.29, 0.717) is 5.02 Å². The highest BCUT2D eigenvalue weighted by Crippen LogP contribution is 2.27. The highest BCUT2D eigenvalue weighted by atomic mass is 79.9. The molecule has 0 aliphatic rings. The standard InChI is InChI=1S/C18H13BrCl2N2O4S2/c19-12-1-6-15(7-2-12)28(24,25)22-13-3-8-16(9-4-13)29(26,27)23-14-5-10-17(20)18(21)11-14/h1-11,22-23H. The smallest absolute Gasteiger partial charge is 0.261 e. The topological polar surface area (TPSA) is 92.3 Å². The summed E-state index contributed by atoms with van der Waals surface area (Å²) in [5, 5.41) is 0.515. The van der Waals surface area contributed by atoms with Crippen molar-refractivity contribution in [2.24, 2.45) is 0 Å². The monoisotopic (exact) mass is 534 g/mol. The van der Waals surface area contributed by atoms with Crippen molar-refractivity contribution in [2.45, 2.75) is 9.79 Å². The van der Waals surface area contributed by atoms with Crippen molar-refractivity contribution in [2.75, 3.05) is 9.44 Å². The minimum atomic E-state index is -3.89. The Bertz CT molecular complexity index is 1250. The van der Waals surface area contributed by atoms with Gasteiger partial charge in [0.2, 0.25) is 0 Å². The van der Waals surface area contributed by atoms with E-state index in [1.807, 2.05) is 0 Å². The van der Waals surface area contributed by atoms with Gasteiger partial charge in [-0.1, -0.05) is 39.1 Å². The van der Waals surface area contributed by atoms with Gasteiger partial charge in [-0.25, -0.2) is 16.8 Å². The fourth-order valence-corrected chi connectivity index (χ4v) is 4.97. The largest absolute Gasteiger partial charge is 0.280 e. The molecule has 2 N–H and O–H groups in total. The molecular weight excluding hydrogens is 523 g/mol. The quantitative estimate of drug-likeness (QED) is 0.444. The second-order valence-corrected chi connectivity index (χ2v) is 10.9. The molecular formula is C18H13BrCl2N2O4S2. The van der Waals surface area contributed by atoms with Gasteiger partial charge in [-0.05, 0) is 66.7 Å². The lowest BCUT2D eigenvalue weighted by Gasteiger charge is -2.11. The minimum absolute atomic E-state index is 0.0461. The van der Waals surface area contributed by atoms with Crippen LogP contribution in [0.3, 0.4) is 0 Å². The van der Waals surface area contributed by atoms with E-state index in [4.69, 9.17) is 23.2 Å². The second-order valence-electron chi connectivity index (χ2n) is 5.82. The minimum Gasteiger partial charge on any atom is -0.280 e. The third-order valence-corrected chi connectivity index (χ3v) is 7.77. The van der Waals surface area contributed by atoms with E-state index >= 15 is 0 Å². The summed E-state index contributed by atoms with van der Waals surface area (Å²) in [5.41, 5.74) is 0.473. The zero-order chi connectivity index (χ0) is 21.2. The first kappa shape index (κ1) is 21.9. The summed E-state index contributed by atoms with van der Waals surface area (Å²) in [6, 6.07) is 15.8. The van der Waals surface area contributed by atoms with Gasteiger partial charge in [0.1, 0.15) is 0 Å².